The minimum absolute atomic E-state index is 0.232. The lowest BCUT2D eigenvalue weighted by molar-refractivity contribution is -0.119. The Balaban J connectivity index is 1.41. The third kappa shape index (κ3) is 5.39. The number of para-hydroxylation sites is 1. The van der Waals surface area contributed by atoms with E-state index in [0.29, 0.717) is 21.1 Å². The number of fused-ring (bicyclic) bond motifs is 1. The van der Waals surface area contributed by atoms with Crippen LogP contribution >= 0.6 is 57.9 Å². The van der Waals surface area contributed by atoms with E-state index < -0.39 is 18.5 Å². The number of ether oxygens (including phenoxy) is 1. The summed E-state index contributed by atoms with van der Waals surface area (Å²) in [7, 11) is 0. The molecule has 4 rings (SSSR count). The van der Waals surface area contributed by atoms with Gasteiger partial charge in [0.05, 0.1) is 10.7 Å². The quantitative estimate of drug-likeness (QED) is 0.262. The average Bonchev–Trinajstić information content (AvgIpc) is 3.10. The monoisotopic (exact) mass is 521 g/mol. The van der Waals surface area contributed by atoms with Crippen molar-refractivity contribution in [3.05, 3.63) is 86.7 Å². The van der Waals surface area contributed by atoms with Gasteiger partial charge in [0.2, 0.25) is 0 Å². The van der Waals surface area contributed by atoms with Gasteiger partial charge in [0.1, 0.15) is 4.88 Å². The highest BCUT2D eigenvalue weighted by molar-refractivity contribution is 7.99. The number of benzene rings is 3. The summed E-state index contributed by atoms with van der Waals surface area (Å²) >= 11 is 20.9. The predicted molar refractivity (Wildman–Crippen MR) is 133 cm³/mol. The van der Waals surface area contributed by atoms with Gasteiger partial charge in [0, 0.05) is 29.9 Å². The average molecular weight is 523 g/mol. The van der Waals surface area contributed by atoms with Crippen molar-refractivity contribution < 1.29 is 14.3 Å². The van der Waals surface area contributed by atoms with Gasteiger partial charge in [-0.25, -0.2) is 4.79 Å². The fourth-order valence-corrected chi connectivity index (χ4v) is 5.55. The molecule has 0 aliphatic heterocycles. The van der Waals surface area contributed by atoms with E-state index in [1.165, 1.54) is 23.1 Å². The number of esters is 1. The number of rotatable bonds is 6. The van der Waals surface area contributed by atoms with Crippen LogP contribution in [0, 0.1) is 0 Å². The highest BCUT2D eigenvalue weighted by Gasteiger charge is 2.20. The van der Waals surface area contributed by atoms with Gasteiger partial charge in [0.15, 0.2) is 6.61 Å². The normalized spacial score (nSPS) is 10.8. The van der Waals surface area contributed by atoms with Gasteiger partial charge in [0.25, 0.3) is 5.91 Å². The van der Waals surface area contributed by atoms with Crippen LogP contribution in [-0.4, -0.2) is 18.5 Å². The molecule has 4 nitrogen and oxygen atoms in total. The number of halogens is 3. The molecule has 4 aromatic rings. The Bertz CT molecular complexity index is 1310. The molecule has 0 unspecified atom stereocenters. The predicted octanol–water partition coefficient (Wildman–Crippen LogP) is 7.81. The summed E-state index contributed by atoms with van der Waals surface area (Å²) in [6, 6.07) is 19.9. The van der Waals surface area contributed by atoms with Crippen molar-refractivity contribution in [3.63, 3.8) is 0 Å². The maximum Gasteiger partial charge on any atom is 0.350 e. The first kappa shape index (κ1) is 23.0. The van der Waals surface area contributed by atoms with Crippen molar-refractivity contribution in [2.24, 2.45) is 0 Å². The van der Waals surface area contributed by atoms with E-state index in [2.05, 4.69) is 5.32 Å². The molecule has 1 heterocycles. The van der Waals surface area contributed by atoms with Crippen molar-refractivity contribution in [1.29, 1.82) is 0 Å². The smallest absolute Gasteiger partial charge is 0.350 e. The Hall–Kier alpha value is -2.22. The summed E-state index contributed by atoms with van der Waals surface area (Å²) < 4.78 is 5.96. The molecule has 0 saturated heterocycles. The molecular formula is C23H14Cl3NO3S2. The first-order chi connectivity index (χ1) is 15.4. The van der Waals surface area contributed by atoms with E-state index >= 15 is 0 Å². The molecule has 0 bridgehead atoms. The standard InChI is InChI=1S/C23H14Cl3NO3S2/c24-13-5-8-15(9-6-13)31-18-4-2-1-3-17(18)27-20(28)12-30-23(29)22-21(26)16-10-7-14(25)11-19(16)32-22/h1-11H,12H2,(H,27,28). The molecule has 9 heteroatoms. The van der Waals surface area contributed by atoms with Crippen molar-refractivity contribution >= 4 is 85.6 Å². The molecule has 0 aliphatic carbocycles. The van der Waals surface area contributed by atoms with E-state index in [0.717, 1.165) is 14.5 Å². The molecular weight excluding hydrogens is 509 g/mol. The molecule has 1 aromatic heterocycles. The Morgan fingerprint density at radius 3 is 2.44 bits per heavy atom. The number of thiophene rings is 1. The van der Waals surface area contributed by atoms with Gasteiger partial charge in [-0.05, 0) is 48.5 Å². The van der Waals surface area contributed by atoms with Gasteiger partial charge >= 0.3 is 5.97 Å². The summed E-state index contributed by atoms with van der Waals surface area (Å²) in [6.45, 7) is -0.440. The zero-order valence-electron chi connectivity index (χ0n) is 16.2. The van der Waals surface area contributed by atoms with E-state index in [1.54, 1.807) is 36.4 Å². The summed E-state index contributed by atoms with van der Waals surface area (Å²) in [4.78, 5) is 27.0. The SMILES string of the molecule is O=C(COC(=O)c1sc2cc(Cl)ccc2c1Cl)Nc1ccccc1Sc1ccc(Cl)cc1. The Kier molecular flexibility index (Phi) is 7.28. The molecule has 0 aliphatic rings. The van der Waals surface area contributed by atoms with Crippen LogP contribution in [0.3, 0.4) is 0 Å². The molecule has 0 radical (unpaired) electrons. The highest BCUT2D eigenvalue weighted by atomic mass is 35.5. The van der Waals surface area contributed by atoms with E-state index in [4.69, 9.17) is 39.5 Å². The van der Waals surface area contributed by atoms with E-state index in [9.17, 15) is 9.59 Å². The molecule has 162 valence electrons. The van der Waals surface area contributed by atoms with Crippen LogP contribution in [0.4, 0.5) is 5.69 Å². The van der Waals surface area contributed by atoms with Crippen LogP contribution in [0.15, 0.2) is 76.5 Å². The Morgan fingerprint density at radius 1 is 0.938 bits per heavy atom. The minimum Gasteiger partial charge on any atom is -0.451 e. The Labute approximate surface area is 207 Å². The molecule has 0 spiro atoms. The second-order valence-electron chi connectivity index (χ2n) is 6.56. The van der Waals surface area contributed by atoms with Gasteiger partial charge in [-0.1, -0.05) is 64.8 Å². The van der Waals surface area contributed by atoms with Gasteiger partial charge in [-0.3, -0.25) is 4.79 Å². The highest BCUT2D eigenvalue weighted by Crippen LogP contribution is 2.37. The number of nitrogens with one attached hydrogen (secondary N) is 1. The molecule has 0 fully saturated rings. The van der Waals surface area contributed by atoms with Crippen LogP contribution in [0.1, 0.15) is 9.67 Å². The molecule has 32 heavy (non-hydrogen) atoms. The van der Waals surface area contributed by atoms with Crippen LogP contribution in [-0.2, 0) is 9.53 Å². The number of anilines is 1. The topological polar surface area (TPSA) is 55.4 Å². The van der Waals surface area contributed by atoms with Crippen LogP contribution in [0.2, 0.25) is 15.1 Å². The number of carbonyl (C=O) groups excluding carboxylic acids is 2. The van der Waals surface area contributed by atoms with Crippen molar-refractivity contribution in [1.82, 2.24) is 0 Å². The third-order valence-corrected chi connectivity index (χ3v) is 7.52. The number of carbonyl (C=O) groups is 2. The van der Waals surface area contributed by atoms with E-state index in [-0.39, 0.29) is 9.90 Å². The summed E-state index contributed by atoms with van der Waals surface area (Å²) in [5.74, 6) is -1.12. The fraction of sp³-hybridized carbons (Fsp3) is 0.0435. The van der Waals surface area contributed by atoms with Gasteiger partial charge < -0.3 is 10.1 Å². The third-order valence-electron chi connectivity index (χ3n) is 4.31. The van der Waals surface area contributed by atoms with Gasteiger partial charge in [-0.2, -0.15) is 0 Å². The van der Waals surface area contributed by atoms with Crippen LogP contribution in [0.25, 0.3) is 10.1 Å². The molecule has 1 N–H and O–H groups in total. The second-order valence-corrected chi connectivity index (χ2v) is 9.98. The first-order valence-corrected chi connectivity index (χ1v) is 12.0. The lowest BCUT2D eigenvalue weighted by Gasteiger charge is -2.11. The maximum atomic E-state index is 12.5. The number of hydrogen-bond donors (Lipinski definition) is 1. The largest absolute Gasteiger partial charge is 0.451 e. The number of amides is 1. The van der Waals surface area contributed by atoms with Crippen LogP contribution < -0.4 is 5.32 Å². The summed E-state index contributed by atoms with van der Waals surface area (Å²) in [5, 5.41) is 4.99. The minimum atomic E-state index is -0.661. The summed E-state index contributed by atoms with van der Waals surface area (Å²) in [5.41, 5.74) is 0.614. The molecule has 3 aromatic carbocycles. The zero-order chi connectivity index (χ0) is 22.7. The lowest BCUT2D eigenvalue weighted by Crippen LogP contribution is -2.21. The summed E-state index contributed by atoms with van der Waals surface area (Å²) in [6.07, 6.45) is 0. The van der Waals surface area contributed by atoms with Crippen molar-refractivity contribution in [2.45, 2.75) is 9.79 Å². The van der Waals surface area contributed by atoms with Gasteiger partial charge in [-0.15, -0.1) is 11.3 Å². The zero-order valence-corrected chi connectivity index (χ0v) is 20.1. The van der Waals surface area contributed by atoms with Crippen molar-refractivity contribution in [3.8, 4) is 0 Å². The first-order valence-electron chi connectivity index (χ1n) is 9.27. The van der Waals surface area contributed by atoms with Crippen molar-refractivity contribution in [2.75, 3.05) is 11.9 Å². The lowest BCUT2D eigenvalue weighted by atomic mass is 10.2. The van der Waals surface area contributed by atoms with E-state index in [1.807, 2.05) is 30.3 Å². The fourth-order valence-electron chi connectivity index (χ4n) is 2.84. The number of hydrogen-bond acceptors (Lipinski definition) is 5. The van der Waals surface area contributed by atoms with Crippen LogP contribution in [0.5, 0.6) is 0 Å². The maximum absolute atomic E-state index is 12.5. The Morgan fingerprint density at radius 2 is 1.66 bits per heavy atom. The molecule has 1 amide bonds. The molecule has 0 saturated carbocycles. The molecule has 0 atom stereocenters. The second kappa shape index (κ2) is 10.1.